The average molecular weight is 396 g/mol. The molecule has 0 aliphatic rings. The van der Waals surface area contributed by atoms with Gasteiger partial charge in [0.1, 0.15) is 0 Å². The van der Waals surface area contributed by atoms with E-state index in [0.29, 0.717) is 0 Å². The van der Waals surface area contributed by atoms with Crippen LogP contribution in [0.25, 0.3) is 0 Å². The van der Waals surface area contributed by atoms with E-state index in [4.69, 9.17) is 11.6 Å². The molecular formula is C12H10Br2ClNS. The molecule has 17 heavy (non-hydrogen) atoms. The molecule has 0 atom stereocenters. The fourth-order valence-electron chi connectivity index (χ4n) is 1.49. The van der Waals surface area contributed by atoms with Crippen LogP contribution < -0.4 is 5.32 Å². The van der Waals surface area contributed by atoms with Crippen LogP contribution in [0.2, 0.25) is 5.02 Å². The number of hydrogen-bond acceptors (Lipinski definition) is 2. The first-order valence-corrected chi connectivity index (χ1v) is 7.78. The first-order chi connectivity index (χ1) is 8.06. The summed E-state index contributed by atoms with van der Waals surface area (Å²) >= 11 is 14.6. The zero-order chi connectivity index (χ0) is 12.4. The lowest BCUT2D eigenvalue weighted by Gasteiger charge is -2.08. The van der Waals surface area contributed by atoms with Crippen LogP contribution in [0, 0.1) is 6.92 Å². The molecule has 1 nitrogen and oxygen atoms in total. The minimum absolute atomic E-state index is 0.773. The van der Waals surface area contributed by atoms with Crippen LogP contribution in [0.4, 0.5) is 5.69 Å². The zero-order valence-electron chi connectivity index (χ0n) is 9.06. The maximum atomic E-state index is 5.92. The summed E-state index contributed by atoms with van der Waals surface area (Å²) in [5, 5.41) is 4.18. The lowest BCUT2D eigenvalue weighted by Crippen LogP contribution is -1.98. The number of halogens is 3. The van der Waals surface area contributed by atoms with Crippen molar-refractivity contribution in [1.82, 2.24) is 0 Å². The molecule has 1 aromatic heterocycles. The van der Waals surface area contributed by atoms with Crippen LogP contribution in [-0.2, 0) is 6.54 Å². The van der Waals surface area contributed by atoms with Crippen molar-refractivity contribution in [2.45, 2.75) is 13.5 Å². The molecular weight excluding hydrogens is 385 g/mol. The lowest BCUT2D eigenvalue weighted by molar-refractivity contribution is 1.18. The molecule has 0 fully saturated rings. The standard InChI is InChI=1S/C12H10Br2ClNS/c1-7-4-8(15)2-3-11(7)16-6-9-5-10(13)12(14)17-9/h2-5,16H,6H2,1H3. The molecule has 0 saturated heterocycles. The Labute approximate surface area is 126 Å². The number of rotatable bonds is 3. The molecule has 0 aliphatic carbocycles. The fraction of sp³-hybridized carbons (Fsp3) is 0.167. The van der Waals surface area contributed by atoms with Crippen LogP contribution >= 0.6 is 54.8 Å². The van der Waals surface area contributed by atoms with Gasteiger partial charge >= 0.3 is 0 Å². The molecule has 0 saturated carbocycles. The molecule has 5 heteroatoms. The van der Waals surface area contributed by atoms with Gasteiger partial charge in [0.05, 0.1) is 3.79 Å². The van der Waals surface area contributed by atoms with Crippen LogP contribution in [0.1, 0.15) is 10.4 Å². The molecule has 0 amide bonds. The van der Waals surface area contributed by atoms with E-state index in [1.54, 1.807) is 11.3 Å². The third kappa shape index (κ3) is 3.47. The van der Waals surface area contributed by atoms with Crippen molar-refractivity contribution >= 4 is 60.5 Å². The second-order valence-electron chi connectivity index (χ2n) is 3.65. The SMILES string of the molecule is Cc1cc(Cl)ccc1NCc1cc(Br)c(Br)s1. The first kappa shape index (κ1) is 13.4. The van der Waals surface area contributed by atoms with Crippen LogP contribution in [-0.4, -0.2) is 0 Å². The number of aryl methyl sites for hydroxylation is 1. The van der Waals surface area contributed by atoms with Gasteiger partial charge in [0.15, 0.2) is 0 Å². The van der Waals surface area contributed by atoms with E-state index >= 15 is 0 Å². The summed E-state index contributed by atoms with van der Waals surface area (Å²) in [5.41, 5.74) is 2.28. The maximum Gasteiger partial charge on any atom is 0.0843 e. The van der Waals surface area contributed by atoms with Crippen molar-refractivity contribution in [3.8, 4) is 0 Å². The van der Waals surface area contributed by atoms with Gasteiger partial charge in [-0.15, -0.1) is 11.3 Å². The Morgan fingerprint density at radius 2 is 2.06 bits per heavy atom. The van der Waals surface area contributed by atoms with E-state index in [2.05, 4.69) is 50.2 Å². The highest BCUT2D eigenvalue weighted by atomic mass is 79.9. The Hall–Kier alpha value is -0.0300. The van der Waals surface area contributed by atoms with Gasteiger partial charge in [0, 0.05) is 26.6 Å². The van der Waals surface area contributed by atoms with E-state index in [-0.39, 0.29) is 0 Å². The Kier molecular flexibility index (Phi) is 4.53. The average Bonchev–Trinajstić information content (AvgIpc) is 2.57. The summed E-state index contributed by atoms with van der Waals surface area (Å²) < 4.78 is 2.23. The van der Waals surface area contributed by atoms with Gasteiger partial charge in [0.25, 0.3) is 0 Å². The minimum atomic E-state index is 0.773. The summed E-state index contributed by atoms with van der Waals surface area (Å²) in [6, 6.07) is 7.99. The van der Waals surface area contributed by atoms with Crippen LogP contribution in [0.5, 0.6) is 0 Å². The monoisotopic (exact) mass is 393 g/mol. The van der Waals surface area contributed by atoms with E-state index in [0.717, 1.165) is 31.1 Å². The third-order valence-electron chi connectivity index (χ3n) is 2.34. The Bertz CT molecular complexity index is 520. The fourth-order valence-corrected chi connectivity index (χ4v) is 3.83. The van der Waals surface area contributed by atoms with Gasteiger partial charge < -0.3 is 5.32 Å². The molecule has 0 unspecified atom stereocenters. The highest BCUT2D eigenvalue weighted by molar-refractivity contribution is 9.13. The molecule has 0 radical (unpaired) electrons. The highest BCUT2D eigenvalue weighted by Gasteiger charge is 2.04. The third-order valence-corrected chi connectivity index (χ3v) is 5.83. The van der Waals surface area contributed by atoms with Gasteiger partial charge in [-0.1, -0.05) is 11.6 Å². The highest BCUT2D eigenvalue weighted by Crippen LogP contribution is 2.32. The van der Waals surface area contributed by atoms with Crippen LogP contribution in [0.15, 0.2) is 32.5 Å². The summed E-state index contributed by atoms with van der Waals surface area (Å²) in [5.74, 6) is 0. The molecule has 0 bridgehead atoms. The van der Waals surface area contributed by atoms with Crippen molar-refractivity contribution in [2.24, 2.45) is 0 Å². The van der Waals surface area contributed by atoms with Crippen molar-refractivity contribution in [3.63, 3.8) is 0 Å². The first-order valence-electron chi connectivity index (χ1n) is 5.00. The smallest absolute Gasteiger partial charge is 0.0843 e. The van der Waals surface area contributed by atoms with Gasteiger partial charge in [0.2, 0.25) is 0 Å². The normalized spacial score (nSPS) is 10.6. The molecule has 90 valence electrons. The predicted octanol–water partition coefficient (Wildman–Crippen LogP) is 5.85. The minimum Gasteiger partial charge on any atom is -0.380 e. The van der Waals surface area contributed by atoms with Crippen molar-refractivity contribution in [1.29, 1.82) is 0 Å². The Balaban J connectivity index is 2.07. The Morgan fingerprint density at radius 1 is 1.29 bits per heavy atom. The molecule has 2 rings (SSSR count). The second kappa shape index (κ2) is 5.74. The quantitative estimate of drug-likeness (QED) is 0.688. The van der Waals surface area contributed by atoms with E-state index in [9.17, 15) is 0 Å². The number of anilines is 1. The van der Waals surface area contributed by atoms with E-state index < -0.39 is 0 Å². The summed E-state index contributed by atoms with van der Waals surface area (Å²) in [4.78, 5) is 1.28. The van der Waals surface area contributed by atoms with Crippen LogP contribution in [0.3, 0.4) is 0 Å². The molecule has 2 aromatic rings. The number of thiophene rings is 1. The predicted molar refractivity (Wildman–Crippen MR) is 83.2 cm³/mol. The van der Waals surface area contributed by atoms with E-state index in [1.165, 1.54) is 4.88 Å². The number of nitrogens with one attached hydrogen (secondary N) is 1. The molecule has 1 heterocycles. The topological polar surface area (TPSA) is 12.0 Å². The zero-order valence-corrected chi connectivity index (χ0v) is 13.8. The van der Waals surface area contributed by atoms with Crippen molar-refractivity contribution in [3.05, 3.63) is 48.0 Å². The maximum absolute atomic E-state index is 5.92. The summed E-state index contributed by atoms with van der Waals surface area (Å²) in [6.45, 7) is 2.87. The second-order valence-corrected chi connectivity index (χ2v) is 7.39. The summed E-state index contributed by atoms with van der Waals surface area (Å²) in [6.07, 6.45) is 0. The lowest BCUT2D eigenvalue weighted by atomic mass is 10.2. The van der Waals surface area contributed by atoms with Gasteiger partial charge in [-0.2, -0.15) is 0 Å². The molecule has 1 N–H and O–H groups in total. The molecule has 0 aliphatic heterocycles. The summed E-state index contributed by atoms with van der Waals surface area (Å²) in [7, 11) is 0. The largest absolute Gasteiger partial charge is 0.380 e. The van der Waals surface area contributed by atoms with Crippen molar-refractivity contribution < 1.29 is 0 Å². The van der Waals surface area contributed by atoms with E-state index in [1.807, 2.05) is 18.2 Å². The van der Waals surface area contributed by atoms with Crippen molar-refractivity contribution in [2.75, 3.05) is 5.32 Å². The molecule has 1 aromatic carbocycles. The van der Waals surface area contributed by atoms with Gasteiger partial charge in [-0.25, -0.2) is 0 Å². The number of benzene rings is 1. The molecule has 0 spiro atoms. The van der Waals surface area contributed by atoms with Gasteiger partial charge in [-0.3, -0.25) is 0 Å². The number of hydrogen-bond donors (Lipinski definition) is 1. The van der Waals surface area contributed by atoms with Gasteiger partial charge in [-0.05, 0) is 68.6 Å². The Morgan fingerprint density at radius 3 is 2.65 bits per heavy atom.